The van der Waals surface area contributed by atoms with Crippen LogP contribution in [0.4, 0.5) is 10.5 Å². The summed E-state index contributed by atoms with van der Waals surface area (Å²) in [5, 5.41) is 15.6. The minimum atomic E-state index is -0.231. The molecule has 1 aliphatic heterocycles. The molecule has 6 nitrogen and oxygen atoms in total. The van der Waals surface area contributed by atoms with E-state index in [-0.39, 0.29) is 23.7 Å². The van der Waals surface area contributed by atoms with Gasteiger partial charge < -0.3 is 20.6 Å². The molecule has 0 aliphatic carbocycles. The lowest BCUT2D eigenvalue weighted by atomic mass is 10.0. The van der Waals surface area contributed by atoms with E-state index in [0.29, 0.717) is 18.5 Å². The number of anilines is 1. The van der Waals surface area contributed by atoms with E-state index in [9.17, 15) is 14.7 Å². The van der Waals surface area contributed by atoms with Crippen molar-refractivity contribution in [2.24, 2.45) is 0 Å². The summed E-state index contributed by atoms with van der Waals surface area (Å²) in [5.74, 6) is 0.164. The Balaban J connectivity index is 1.63. The molecule has 0 saturated carbocycles. The van der Waals surface area contributed by atoms with Crippen LogP contribution >= 0.6 is 0 Å². The quantitative estimate of drug-likeness (QED) is 0.801. The third kappa shape index (κ3) is 3.74. The smallest absolute Gasteiger partial charge is 0.317 e. The van der Waals surface area contributed by atoms with Crippen LogP contribution in [0.15, 0.2) is 42.5 Å². The fraction of sp³-hybridized carbons (Fsp3) is 0.263. The second kappa shape index (κ2) is 6.84. The average molecular weight is 339 g/mol. The molecule has 0 radical (unpaired) electrons. The molecular weight excluding hydrogens is 318 g/mol. The monoisotopic (exact) mass is 339 g/mol. The molecule has 0 saturated heterocycles. The molecule has 3 rings (SSSR count). The lowest BCUT2D eigenvalue weighted by molar-refractivity contribution is -0.115. The van der Waals surface area contributed by atoms with E-state index in [1.807, 2.05) is 31.2 Å². The molecule has 3 N–H and O–H groups in total. The Bertz CT molecular complexity index is 819. The van der Waals surface area contributed by atoms with Gasteiger partial charge in [-0.05, 0) is 30.2 Å². The van der Waals surface area contributed by atoms with Crippen molar-refractivity contribution < 1.29 is 14.7 Å². The number of fused-ring (bicyclic) bond motifs is 1. The molecule has 2 aromatic carbocycles. The van der Waals surface area contributed by atoms with Crippen molar-refractivity contribution >= 4 is 17.6 Å². The molecule has 6 heteroatoms. The molecule has 0 aromatic heterocycles. The number of rotatable bonds is 4. The van der Waals surface area contributed by atoms with Gasteiger partial charge in [0.2, 0.25) is 5.91 Å². The summed E-state index contributed by atoms with van der Waals surface area (Å²) in [7, 11) is 1.68. The number of hydrogen-bond acceptors (Lipinski definition) is 3. The van der Waals surface area contributed by atoms with E-state index < -0.39 is 0 Å². The van der Waals surface area contributed by atoms with Crippen LogP contribution in [-0.4, -0.2) is 29.0 Å². The molecule has 0 bridgehead atoms. The number of amides is 3. The van der Waals surface area contributed by atoms with Crippen molar-refractivity contribution in [2.75, 3.05) is 12.4 Å². The number of benzene rings is 2. The molecule has 0 spiro atoms. The van der Waals surface area contributed by atoms with Gasteiger partial charge in [0, 0.05) is 18.3 Å². The topological polar surface area (TPSA) is 81.7 Å². The summed E-state index contributed by atoms with van der Waals surface area (Å²) < 4.78 is 0. The number of aromatic hydroxyl groups is 1. The maximum absolute atomic E-state index is 12.4. The standard InChI is InChI=1S/C19H21N3O3/c1-12(13-7-8-16-15(9-13)10-18(24)21-16)20-19(25)22(2)11-14-5-3-4-6-17(14)23/h3-9,12,23H,10-11H2,1-2H3,(H,20,25)(H,21,24)/t12-/m1/s1. The highest BCUT2D eigenvalue weighted by molar-refractivity contribution is 5.99. The summed E-state index contributed by atoms with van der Waals surface area (Å²) >= 11 is 0. The van der Waals surface area contributed by atoms with Crippen LogP contribution in [0.3, 0.4) is 0 Å². The molecule has 0 unspecified atom stereocenters. The Kier molecular flexibility index (Phi) is 4.61. The number of urea groups is 1. The molecule has 1 atom stereocenters. The number of hydrogen-bond donors (Lipinski definition) is 3. The molecule has 1 heterocycles. The Morgan fingerprint density at radius 3 is 2.84 bits per heavy atom. The highest BCUT2D eigenvalue weighted by Crippen LogP contribution is 2.26. The zero-order chi connectivity index (χ0) is 18.0. The van der Waals surface area contributed by atoms with E-state index in [0.717, 1.165) is 16.8 Å². The summed E-state index contributed by atoms with van der Waals surface area (Å²) in [5.41, 5.74) is 3.42. The zero-order valence-electron chi connectivity index (χ0n) is 14.2. The minimum absolute atomic E-state index is 0.00811. The van der Waals surface area contributed by atoms with E-state index in [4.69, 9.17) is 0 Å². The molecular formula is C19H21N3O3. The average Bonchev–Trinajstić information content (AvgIpc) is 2.95. The second-order valence-corrected chi connectivity index (χ2v) is 6.30. The highest BCUT2D eigenvalue weighted by atomic mass is 16.3. The van der Waals surface area contributed by atoms with Crippen LogP contribution in [0.5, 0.6) is 5.75 Å². The number of nitrogens with one attached hydrogen (secondary N) is 2. The van der Waals surface area contributed by atoms with Gasteiger partial charge in [-0.3, -0.25) is 4.79 Å². The first-order chi connectivity index (χ1) is 11.9. The maximum Gasteiger partial charge on any atom is 0.317 e. The van der Waals surface area contributed by atoms with E-state index in [2.05, 4.69) is 10.6 Å². The Labute approximate surface area is 146 Å². The van der Waals surface area contributed by atoms with Gasteiger partial charge in [-0.2, -0.15) is 0 Å². The van der Waals surface area contributed by atoms with Gasteiger partial charge in [0.1, 0.15) is 5.75 Å². The first kappa shape index (κ1) is 16.8. The fourth-order valence-electron chi connectivity index (χ4n) is 2.87. The summed E-state index contributed by atoms with van der Waals surface area (Å²) in [4.78, 5) is 25.4. The van der Waals surface area contributed by atoms with E-state index >= 15 is 0 Å². The van der Waals surface area contributed by atoms with Crippen LogP contribution in [0, 0.1) is 0 Å². The van der Waals surface area contributed by atoms with Gasteiger partial charge in [-0.25, -0.2) is 4.79 Å². The van der Waals surface area contributed by atoms with Crippen LogP contribution in [-0.2, 0) is 17.8 Å². The van der Waals surface area contributed by atoms with Crippen molar-refractivity contribution in [2.45, 2.75) is 25.9 Å². The molecule has 3 amide bonds. The Morgan fingerprint density at radius 2 is 2.08 bits per heavy atom. The third-order valence-corrected chi connectivity index (χ3v) is 4.34. The summed E-state index contributed by atoms with van der Waals surface area (Å²) in [6.45, 7) is 2.21. The third-order valence-electron chi connectivity index (χ3n) is 4.34. The lowest BCUT2D eigenvalue weighted by Crippen LogP contribution is -2.38. The second-order valence-electron chi connectivity index (χ2n) is 6.30. The van der Waals surface area contributed by atoms with Crippen molar-refractivity contribution in [3.8, 4) is 5.75 Å². The van der Waals surface area contributed by atoms with E-state index in [1.165, 1.54) is 4.90 Å². The zero-order valence-corrected chi connectivity index (χ0v) is 14.2. The lowest BCUT2D eigenvalue weighted by Gasteiger charge is -2.22. The van der Waals surface area contributed by atoms with Gasteiger partial charge in [-0.15, -0.1) is 0 Å². The molecule has 2 aromatic rings. The number of nitrogens with zero attached hydrogens (tertiary/aromatic N) is 1. The molecule has 25 heavy (non-hydrogen) atoms. The first-order valence-corrected chi connectivity index (χ1v) is 8.15. The van der Waals surface area contributed by atoms with E-state index in [1.54, 1.807) is 25.2 Å². The normalized spacial score (nSPS) is 13.8. The Hall–Kier alpha value is -3.02. The number of para-hydroxylation sites is 1. The maximum atomic E-state index is 12.4. The van der Waals surface area contributed by atoms with Crippen LogP contribution < -0.4 is 10.6 Å². The fourth-order valence-corrected chi connectivity index (χ4v) is 2.87. The predicted octanol–water partition coefficient (Wildman–Crippen LogP) is 2.79. The van der Waals surface area contributed by atoms with Crippen LogP contribution in [0.25, 0.3) is 0 Å². The van der Waals surface area contributed by atoms with Gasteiger partial charge in [0.15, 0.2) is 0 Å². The molecule has 1 aliphatic rings. The molecule has 130 valence electrons. The highest BCUT2D eigenvalue weighted by Gasteiger charge is 2.20. The largest absolute Gasteiger partial charge is 0.508 e. The first-order valence-electron chi connectivity index (χ1n) is 8.15. The number of carbonyl (C=O) groups excluding carboxylic acids is 2. The van der Waals surface area contributed by atoms with Gasteiger partial charge in [0.05, 0.1) is 19.0 Å². The molecule has 0 fully saturated rings. The van der Waals surface area contributed by atoms with Crippen molar-refractivity contribution in [3.05, 3.63) is 59.2 Å². The van der Waals surface area contributed by atoms with Crippen molar-refractivity contribution in [1.29, 1.82) is 0 Å². The van der Waals surface area contributed by atoms with Crippen molar-refractivity contribution in [1.82, 2.24) is 10.2 Å². The van der Waals surface area contributed by atoms with Crippen LogP contribution in [0.1, 0.15) is 29.7 Å². The van der Waals surface area contributed by atoms with Gasteiger partial charge in [-0.1, -0.05) is 30.3 Å². The van der Waals surface area contributed by atoms with Crippen LogP contribution in [0.2, 0.25) is 0 Å². The van der Waals surface area contributed by atoms with Gasteiger partial charge in [0.25, 0.3) is 0 Å². The van der Waals surface area contributed by atoms with Gasteiger partial charge >= 0.3 is 6.03 Å². The van der Waals surface area contributed by atoms with Crippen molar-refractivity contribution in [3.63, 3.8) is 0 Å². The summed E-state index contributed by atoms with van der Waals surface area (Å²) in [6.07, 6.45) is 0.372. The summed E-state index contributed by atoms with van der Waals surface area (Å²) in [6, 6.07) is 12.2. The number of phenolic OH excluding ortho intramolecular Hbond substituents is 1. The SMILES string of the molecule is C[C@@H](NC(=O)N(C)Cc1ccccc1O)c1ccc2c(c1)CC(=O)N2. The number of carbonyl (C=O) groups is 2. The Morgan fingerprint density at radius 1 is 1.32 bits per heavy atom. The number of phenols is 1. The predicted molar refractivity (Wildman–Crippen MR) is 95.3 cm³/mol. The minimum Gasteiger partial charge on any atom is -0.508 e.